The van der Waals surface area contributed by atoms with Crippen LogP contribution in [0.5, 0.6) is 0 Å². The highest BCUT2D eigenvalue weighted by Gasteiger charge is 2.30. The molecule has 0 aromatic heterocycles. The lowest BCUT2D eigenvalue weighted by atomic mass is 10.1. The van der Waals surface area contributed by atoms with Gasteiger partial charge in [-0.15, -0.1) is 0 Å². The minimum atomic E-state index is -0.540. The molecule has 29 heavy (non-hydrogen) atoms. The van der Waals surface area contributed by atoms with Crippen molar-refractivity contribution in [2.24, 2.45) is 0 Å². The van der Waals surface area contributed by atoms with E-state index in [2.05, 4.69) is 17.0 Å². The molecule has 5 heteroatoms. The van der Waals surface area contributed by atoms with E-state index < -0.39 is 5.60 Å². The van der Waals surface area contributed by atoms with E-state index in [1.807, 2.05) is 75.5 Å². The van der Waals surface area contributed by atoms with Gasteiger partial charge in [-0.2, -0.15) is 0 Å². The summed E-state index contributed by atoms with van der Waals surface area (Å²) in [6.45, 7) is 8.04. The third-order valence-corrected chi connectivity index (χ3v) is 4.53. The molecule has 1 heterocycles. The zero-order valence-corrected chi connectivity index (χ0v) is 17.5. The summed E-state index contributed by atoms with van der Waals surface area (Å²) >= 11 is 0. The highest BCUT2D eigenvalue weighted by molar-refractivity contribution is 5.70. The number of rotatable bonds is 6. The summed E-state index contributed by atoms with van der Waals surface area (Å²) in [7, 11) is 0. The van der Waals surface area contributed by atoms with Gasteiger partial charge in [0.2, 0.25) is 0 Å². The molecule has 1 aliphatic rings. The van der Waals surface area contributed by atoms with Crippen LogP contribution in [0.3, 0.4) is 0 Å². The highest BCUT2D eigenvalue weighted by Crippen LogP contribution is 2.19. The average molecular weight is 395 g/mol. The van der Waals surface area contributed by atoms with Crippen molar-refractivity contribution in [3.05, 3.63) is 84.2 Å². The van der Waals surface area contributed by atoms with Gasteiger partial charge < -0.3 is 14.4 Å². The van der Waals surface area contributed by atoms with Crippen LogP contribution in [-0.4, -0.2) is 40.7 Å². The molecule has 0 spiro atoms. The van der Waals surface area contributed by atoms with Gasteiger partial charge in [-0.3, -0.25) is 4.90 Å². The van der Waals surface area contributed by atoms with Gasteiger partial charge in [0.1, 0.15) is 5.60 Å². The first-order valence-corrected chi connectivity index (χ1v) is 10.00. The molecule has 0 saturated heterocycles. The lowest BCUT2D eigenvalue weighted by molar-refractivity contribution is 0.00320. The molecule has 0 N–H and O–H groups in total. The van der Waals surface area contributed by atoms with Crippen LogP contribution in [0.4, 0.5) is 4.79 Å². The summed E-state index contributed by atoms with van der Waals surface area (Å²) in [6, 6.07) is 20.2. The van der Waals surface area contributed by atoms with Crippen molar-refractivity contribution in [3.63, 3.8) is 0 Å². The van der Waals surface area contributed by atoms with Gasteiger partial charge in [0.15, 0.2) is 0 Å². The number of carbonyl (C=O) groups is 1. The Morgan fingerprint density at radius 1 is 0.966 bits per heavy atom. The highest BCUT2D eigenvalue weighted by atomic mass is 16.6. The van der Waals surface area contributed by atoms with Crippen LogP contribution >= 0.6 is 0 Å². The van der Waals surface area contributed by atoms with Gasteiger partial charge >= 0.3 is 6.09 Å². The molecule has 0 aliphatic carbocycles. The number of carbonyl (C=O) groups excluding carboxylic acids is 1. The summed E-state index contributed by atoms with van der Waals surface area (Å²) in [5, 5.41) is 0. The van der Waals surface area contributed by atoms with Crippen LogP contribution < -0.4 is 0 Å². The molecule has 154 valence electrons. The number of nitrogens with zero attached hydrogens (tertiary/aromatic N) is 2. The van der Waals surface area contributed by atoms with Crippen LogP contribution in [-0.2, 0) is 22.6 Å². The number of hydrogen-bond donors (Lipinski definition) is 0. The molecule has 1 amide bonds. The van der Waals surface area contributed by atoms with E-state index in [1.54, 1.807) is 11.1 Å². The summed E-state index contributed by atoms with van der Waals surface area (Å²) in [5.74, 6) is 0. The second-order valence-corrected chi connectivity index (χ2v) is 8.26. The Balaban J connectivity index is 1.66. The Bertz CT molecular complexity index is 800. The number of benzene rings is 2. The molecule has 0 fully saturated rings. The molecule has 2 aromatic carbocycles. The van der Waals surface area contributed by atoms with E-state index in [0.29, 0.717) is 19.8 Å². The lowest BCUT2D eigenvalue weighted by Gasteiger charge is -2.38. The summed E-state index contributed by atoms with van der Waals surface area (Å²) in [6.07, 6.45) is 3.41. The van der Waals surface area contributed by atoms with Gasteiger partial charge in [0.05, 0.1) is 19.3 Å². The standard InChI is InChI=1S/C24H30N2O3/c1-24(2,3)29-23(27)26-15-14-25(16-20-10-6-4-7-11-20)17-22(26)19-28-18-21-12-8-5-9-13-21/h4-15,22H,16-19H2,1-3H3/t22-/m1/s1. The Kier molecular flexibility index (Phi) is 6.94. The molecule has 5 nitrogen and oxygen atoms in total. The maximum absolute atomic E-state index is 12.7. The smallest absolute Gasteiger partial charge is 0.414 e. The van der Waals surface area contributed by atoms with Crippen LogP contribution in [0.1, 0.15) is 31.9 Å². The van der Waals surface area contributed by atoms with Crippen LogP contribution in [0.15, 0.2) is 73.1 Å². The second-order valence-electron chi connectivity index (χ2n) is 8.26. The van der Waals surface area contributed by atoms with Crippen LogP contribution in [0.2, 0.25) is 0 Å². The van der Waals surface area contributed by atoms with E-state index in [1.165, 1.54) is 5.56 Å². The van der Waals surface area contributed by atoms with E-state index in [4.69, 9.17) is 9.47 Å². The van der Waals surface area contributed by atoms with Crippen LogP contribution in [0.25, 0.3) is 0 Å². The molecule has 3 rings (SSSR count). The predicted octanol–water partition coefficient (Wildman–Crippen LogP) is 4.80. The van der Waals surface area contributed by atoms with Crippen molar-refractivity contribution < 1.29 is 14.3 Å². The average Bonchev–Trinajstić information content (AvgIpc) is 2.68. The SMILES string of the molecule is CC(C)(C)OC(=O)N1C=CN(Cc2ccccc2)C[C@@H]1COCc1ccccc1. The Hall–Kier alpha value is -2.79. The Morgan fingerprint density at radius 3 is 2.21 bits per heavy atom. The first kappa shape index (κ1) is 20.9. The normalized spacial score (nSPS) is 16.7. The Morgan fingerprint density at radius 2 is 1.59 bits per heavy atom. The fraction of sp³-hybridized carbons (Fsp3) is 0.375. The van der Waals surface area contributed by atoms with Crippen molar-refractivity contribution in [2.45, 2.75) is 45.6 Å². The van der Waals surface area contributed by atoms with Crippen molar-refractivity contribution in [2.75, 3.05) is 13.2 Å². The van der Waals surface area contributed by atoms with Gasteiger partial charge in [0, 0.05) is 25.5 Å². The summed E-state index contributed by atoms with van der Waals surface area (Å²) in [5.41, 5.74) is 1.80. The largest absolute Gasteiger partial charge is 0.443 e. The van der Waals surface area contributed by atoms with Crippen molar-refractivity contribution in [3.8, 4) is 0 Å². The molecule has 1 aliphatic heterocycles. The fourth-order valence-corrected chi connectivity index (χ4v) is 3.19. The summed E-state index contributed by atoms with van der Waals surface area (Å²) in [4.78, 5) is 16.6. The quantitative estimate of drug-likeness (QED) is 0.706. The number of ether oxygens (including phenoxy) is 2. The lowest BCUT2D eigenvalue weighted by Crippen LogP contribution is -2.50. The topological polar surface area (TPSA) is 42.0 Å². The van der Waals surface area contributed by atoms with Gasteiger partial charge in [-0.05, 0) is 31.9 Å². The van der Waals surface area contributed by atoms with Crippen molar-refractivity contribution in [1.29, 1.82) is 0 Å². The fourth-order valence-electron chi connectivity index (χ4n) is 3.19. The third-order valence-electron chi connectivity index (χ3n) is 4.53. The minimum Gasteiger partial charge on any atom is -0.443 e. The van der Waals surface area contributed by atoms with Gasteiger partial charge in [0.25, 0.3) is 0 Å². The van der Waals surface area contributed by atoms with E-state index in [-0.39, 0.29) is 12.1 Å². The van der Waals surface area contributed by atoms with E-state index in [9.17, 15) is 4.79 Å². The predicted molar refractivity (Wildman–Crippen MR) is 114 cm³/mol. The van der Waals surface area contributed by atoms with Crippen LogP contribution in [0, 0.1) is 0 Å². The first-order valence-electron chi connectivity index (χ1n) is 10.00. The molecular formula is C24H30N2O3. The zero-order valence-electron chi connectivity index (χ0n) is 17.5. The van der Waals surface area contributed by atoms with Crippen molar-refractivity contribution in [1.82, 2.24) is 9.80 Å². The monoisotopic (exact) mass is 394 g/mol. The molecule has 1 atom stereocenters. The number of amides is 1. The molecule has 0 unspecified atom stereocenters. The second kappa shape index (κ2) is 9.61. The molecular weight excluding hydrogens is 364 g/mol. The van der Waals surface area contributed by atoms with Gasteiger partial charge in [-0.1, -0.05) is 60.7 Å². The zero-order chi connectivity index (χ0) is 20.7. The maximum Gasteiger partial charge on any atom is 0.414 e. The molecule has 0 saturated carbocycles. The number of hydrogen-bond acceptors (Lipinski definition) is 4. The molecule has 2 aromatic rings. The Labute approximate surface area is 173 Å². The third kappa shape index (κ3) is 6.64. The molecule has 0 radical (unpaired) electrons. The maximum atomic E-state index is 12.7. The van der Waals surface area contributed by atoms with E-state index in [0.717, 1.165) is 12.1 Å². The van der Waals surface area contributed by atoms with E-state index >= 15 is 0 Å². The first-order chi connectivity index (χ1) is 13.9. The molecule has 0 bridgehead atoms. The van der Waals surface area contributed by atoms with Crippen molar-refractivity contribution >= 4 is 6.09 Å². The summed E-state index contributed by atoms with van der Waals surface area (Å²) < 4.78 is 11.5. The minimum absolute atomic E-state index is 0.123. The van der Waals surface area contributed by atoms with Gasteiger partial charge in [-0.25, -0.2) is 4.79 Å².